The second kappa shape index (κ2) is 23.1. The van der Waals surface area contributed by atoms with Crippen LogP contribution in [0.1, 0.15) is 25.0 Å². The van der Waals surface area contributed by atoms with Crippen LogP contribution in [0, 0.1) is 0 Å². The van der Waals surface area contributed by atoms with Gasteiger partial charge in [0.15, 0.2) is 5.58 Å². The quantitative estimate of drug-likeness (QED) is 0.164. The largest absolute Gasteiger partial charge is 0.452 e. The molecule has 9 heteroatoms. The topological polar surface area (TPSA) is 74.6 Å². The van der Waals surface area contributed by atoms with Crippen LogP contribution in [0.3, 0.4) is 0 Å². The average Bonchev–Trinajstić information content (AvgIpc) is 1.50. The van der Waals surface area contributed by atoms with E-state index in [4.69, 9.17) is 24.4 Å². The van der Waals surface area contributed by atoms with Gasteiger partial charge in [-0.1, -0.05) is 257 Å². The Hall–Kier alpha value is -14.0. The molecule has 7 heterocycles. The molecule has 112 heavy (non-hydrogen) atoms. The minimum atomic E-state index is -0.293. The molecule has 0 aliphatic heterocycles. The number of hydrogen-bond acceptors (Lipinski definition) is 7. The SMILES string of the molecule is CC1(C)c2ccccc2-c2nc(-n3c4cc5ccccc5cc4c4c5c6ccccc6c6ccccc6c5ccc43)nc(-c3ccc4sc5ccccc5c4c3)c21.c1ccc2cc3c(cc2c1)c1c2c4ccccc4c4ccccc4c2ccc1n3-c1nc(-c2ccc3sc4ccccc4c3c2)c2oc3ccccc3c2n1. The molecule has 26 rings (SSSR count). The zero-order valence-corrected chi connectivity index (χ0v) is 62.2. The summed E-state index contributed by atoms with van der Waals surface area (Å²) in [6.45, 7) is 4.66. The maximum Gasteiger partial charge on any atom is 0.236 e. The zero-order valence-electron chi connectivity index (χ0n) is 60.6. The third-order valence-electron chi connectivity index (χ3n) is 24.3. The minimum Gasteiger partial charge on any atom is -0.452 e. The molecule has 0 amide bonds. The van der Waals surface area contributed by atoms with E-state index in [9.17, 15) is 0 Å². The van der Waals surface area contributed by atoms with Gasteiger partial charge >= 0.3 is 0 Å². The van der Waals surface area contributed by atoms with Gasteiger partial charge in [-0.3, -0.25) is 9.13 Å². The van der Waals surface area contributed by atoms with Gasteiger partial charge in [0.05, 0.1) is 33.5 Å². The summed E-state index contributed by atoms with van der Waals surface area (Å²) in [6.07, 6.45) is 0. The van der Waals surface area contributed by atoms with Crippen molar-refractivity contribution in [3.63, 3.8) is 0 Å². The van der Waals surface area contributed by atoms with Gasteiger partial charge in [0, 0.05) is 106 Å². The number of para-hydroxylation sites is 1. The first-order valence-electron chi connectivity index (χ1n) is 38.2. The van der Waals surface area contributed by atoms with Crippen molar-refractivity contribution in [3.8, 4) is 45.7 Å². The van der Waals surface area contributed by atoms with E-state index < -0.39 is 0 Å². The van der Waals surface area contributed by atoms with Crippen molar-refractivity contribution in [3.05, 3.63) is 339 Å². The molecule has 0 spiro atoms. The predicted octanol–water partition coefficient (Wildman–Crippen LogP) is 28.6. The number of nitrogens with zero attached hydrogens (tertiary/aromatic N) is 6. The molecule has 1 aliphatic rings. The Kier molecular flexibility index (Phi) is 12.8. The van der Waals surface area contributed by atoms with Crippen LogP contribution in [-0.4, -0.2) is 29.1 Å². The molecule has 1 aliphatic carbocycles. The highest BCUT2D eigenvalue weighted by molar-refractivity contribution is 7.26. The molecule has 0 saturated carbocycles. The Morgan fingerprint density at radius 1 is 0.277 bits per heavy atom. The fraction of sp³-hybridized carbons (Fsp3) is 0.0291. The van der Waals surface area contributed by atoms with Crippen LogP contribution < -0.4 is 0 Å². The molecular weight excluding hydrogens is 1400 g/mol. The Morgan fingerprint density at radius 3 is 1.19 bits per heavy atom. The average molecular weight is 1460 g/mol. The second-order valence-electron chi connectivity index (χ2n) is 30.6. The Balaban J connectivity index is 0.000000127. The molecule has 0 radical (unpaired) electrons. The van der Waals surface area contributed by atoms with E-state index in [0.717, 1.165) is 66.8 Å². The van der Waals surface area contributed by atoms with Gasteiger partial charge < -0.3 is 4.42 Å². The van der Waals surface area contributed by atoms with Crippen molar-refractivity contribution in [1.82, 2.24) is 29.1 Å². The highest BCUT2D eigenvalue weighted by Gasteiger charge is 2.41. The van der Waals surface area contributed by atoms with Crippen LogP contribution >= 0.6 is 22.7 Å². The van der Waals surface area contributed by atoms with Crippen molar-refractivity contribution in [2.75, 3.05) is 0 Å². The number of fused-ring (bicyclic) bond motifs is 34. The monoisotopic (exact) mass is 1460 g/mol. The minimum absolute atomic E-state index is 0.293. The molecule has 7 aromatic heterocycles. The molecule has 7 nitrogen and oxygen atoms in total. The van der Waals surface area contributed by atoms with Gasteiger partial charge in [-0.15, -0.1) is 22.7 Å². The summed E-state index contributed by atoms with van der Waals surface area (Å²) in [5.41, 5.74) is 14.9. The number of furan rings is 1. The number of benzene rings is 18. The van der Waals surface area contributed by atoms with Gasteiger partial charge in [0.2, 0.25) is 11.9 Å². The second-order valence-corrected chi connectivity index (χ2v) is 32.8. The maximum absolute atomic E-state index is 6.64. The summed E-state index contributed by atoms with van der Waals surface area (Å²) in [6, 6.07) is 119. The van der Waals surface area contributed by atoms with E-state index in [1.165, 1.54) is 165 Å². The Morgan fingerprint density at radius 2 is 0.661 bits per heavy atom. The third-order valence-corrected chi connectivity index (χ3v) is 26.6. The predicted molar refractivity (Wildman–Crippen MR) is 474 cm³/mol. The molecule has 0 fully saturated rings. The van der Waals surface area contributed by atoms with Gasteiger partial charge in [0.1, 0.15) is 16.8 Å². The highest BCUT2D eigenvalue weighted by atomic mass is 32.1. The number of rotatable bonds is 4. The molecule has 0 atom stereocenters. The molecule has 0 N–H and O–H groups in total. The van der Waals surface area contributed by atoms with Crippen LogP contribution in [0.5, 0.6) is 0 Å². The van der Waals surface area contributed by atoms with Gasteiger partial charge in [-0.25, -0.2) is 19.9 Å². The fourth-order valence-corrected chi connectivity index (χ4v) is 21.5. The smallest absolute Gasteiger partial charge is 0.236 e. The molecule has 18 aromatic carbocycles. The zero-order chi connectivity index (χ0) is 73.3. The van der Waals surface area contributed by atoms with Crippen LogP contribution in [-0.2, 0) is 5.41 Å². The maximum atomic E-state index is 6.64. The first-order valence-corrected chi connectivity index (χ1v) is 39.9. The van der Waals surface area contributed by atoms with Crippen LogP contribution in [0.15, 0.2) is 332 Å². The lowest BCUT2D eigenvalue weighted by Crippen LogP contribution is -2.18. The summed E-state index contributed by atoms with van der Waals surface area (Å²) >= 11 is 3.67. The summed E-state index contributed by atoms with van der Waals surface area (Å²) < 4.78 is 16.4. The van der Waals surface area contributed by atoms with Crippen molar-refractivity contribution in [2.24, 2.45) is 0 Å². The lowest BCUT2D eigenvalue weighted by molar-refractivity contribution is 0.657. The van der Waals surface area contributed by atoms with E-state index in [1.54, 1.807) is 0 Å². The van der Waals surface area contributed by atoms with Crippen molar-refractivity contribution < 1.29 is 4.42 Å². The molecule has 520 valence electrons. The summed E-state index contributed by atoms with van der Waals surface area (Å²) in [5.74, 6) is 1.30. The van der Waals surface area contributed by atoms with E-state index in [2.05, 4.69) is 338 Å². The van der Waals surface area contributed by atoms with Crippen molar-refractivity contribution in [2.45, 2.75) is 19.3 Å². The van der Waals surface area contributed by atoms with Crippen LogP contribution in [0.2, 0.25) is 0 Å². The first kappa shape index (κ1) is 62.0. The van der Waals surface area contributed by atoms with Gasteiger partial charge in [-0.05, 0) is 166 Å². The highest BCUT2D eigenvalue weighted by Crippen LogP contribution is 2.54. The standard InChI is InChI=1S/C53H33N3S.C50H27N3OS/c1-53(2)42-21-11-9-20-39(42)51-49(53)50(32-23-26-46-40(28-32)36-18-10-12-22-45(36)57-46)54-52(55-51)56-43-25-24-38-35-17-6-5-15-33(35)34-16-7-8-19-37(34)47(38)48(43)41-27-30-13-3-4-14-31(30)29-44(41)56;1-2-12-29-27-41-39(25-28(29)11-1)46-40(23-22-36-33-15-4-3-13-31(33)32-14-5-6-17-35(32)45(36)46)53(41)50-51-47(49-48(52-50)37-18-7-9-19-42(37)54-49)30-21-24-44-38(26-30)34-16-8-10-20-43(34)55-44/h3-29H,1-2H3;1-27H. The third kappa shape index (κ3) is 8.69. The summed E-state index contributed by atoms with van der Waals surface area (Å²) in [7, 11) is 0. The van der Waals surface area contributed by atoms with Gasteiger partial charge in [0.25, 0.3) is 0 Å². The molecular formula is C103H60N6OS2. The van der Waals surface area contributed by atoms with Crippen molar-refractivity contribution in [1.29, 1.82) is 0 Å². The number of thiophene rings is 2. The molecule has 0 bridgehead atoms. The van der Waals surface area contributed by atoms with Crippen LogP contribution in [0.25, 0.3) is 238 Å². The van der Waals surface area contributed by atoms with Crippen LogP contribution in [0.4, 0.5) is 0 Å². The van der Waals surface area contributed by atoms with Gasteiger partial charge in [-0.2, -0.15) is 0 Å². The number of aromatic nitrogens is 6. The summed E-state index contributed by atoms with van der Waals surface area (Å²) in [4.78, 5) is 22.3. The lowest BCUT2D eigenvalue weighted by atomic mass is 9.81. The van der Waals surface area contributed by atoms with E-state index in [1.807, 2.05) is 34.8 Å². The van der Waals surface area contributed by atoms with Crippen molar-refractivity contribution >= 4 is 215 Å². The first-order chi connectivity index (χ1) is 55.3. The summed E-state index contributed by atoms with van der Waals surface area (Å²) in [5, 5.41) is 30.7. The fourth-order valence-electron chi connectivity index (χ4n) is 19.3. The lowest BCUT2D eigenvalue weighted by Gasteiger charge is -2.24. The number of hydrogen-bond donors (Lipinski definition) is 0. The molecule has 0 unspecified atom stereocenters. The normalized spacial score (nSPS) is 13.0. The Bertz CT molecular complexity index is 8450. The molecule has 25 aromatic rings. The Labute approximate surface area is 647 Å². The van der Waals surface area contributed by atoms with E-state index >= 15 is 0 Å². The van der Waals surface area contributed by atoms with E-state index in [0.29, 0.717) is 17.5 Å². The van der Waals surface area contributed by atoms with E-state index in [-0.39, 0.29) is 5.41 Å². The molecule has 0 saturated heterocycles.